The Labute approximate surface area is 105 Å². The summed E-state index contributed by atoms with van der Waals surface area (Å²) in [5.74, 6) is 0.718. The molecule has 7 heteroatoms. The lowest BCUT2D eigenvalue weighted by molar-refractivity contribution is -0.142. The van der Waals surface area contributed by atoms with Crippen LogP contribution < -0.4 is 0 Å². The van der Waals surface area contributed by atoms with Crippen molar-refractivity contribution >= 4 is 0 Å². The minimum atomic E-state index is -0.469. The van der Waals surface area contributed by atoms with Crippen LogP contribution in [0.5, 0.6) is 0 Å². The standard InChI is InChI=1S/C11H16N4O3/c1-3-16-11(17-4-2)10-8-15(14-13-10)7-9-5-6-12-18-9/h5-6,8,11H,3-4,7H2,1-2H3. The highest BCUT2D eigenvalue weighted by molar-refractivity contribution is 4.98. The van der Waals surface area contributed by atoms with Crippen LogP contribution in [-0.2, 0) is 16.0 Å². The highest BCUT2D eigenvalue weighted by atomic mass is 16.7. The largest absolute Gasteiger partial charge is 0.359 e. The van der Waals surface area contributed by atoms with Crippen molar-refractivity contribution in [3.8, 4) is 0 Å². The van der Waals surface area contributed by atoms with Crippen molar-refractivity contribution in [3.05, 3.63) is 29.9 Å². The third-order valence-electron chi connectivity index (χ3n) is 2.24. The summed E-state index contributed by atoms with van der Waals surface area (Å²) >= 11 is 0. The van der Waals surface area contributed by atoms with Crippen molar-refractivity contribution < 1.29 is 14.0 Å². The molecule has 2 aromatic heterocycles. The van der Waals surface area contributed by atoms with Crippen LogP contribution in [0, 0.1) is 0 Å². The molecule has 98 valence electrons. The number of hydrogen-bond donors (Lipinski definition) is 0. The highest BCUT2D eigenvalue weighted by Crippen LogP contribution is 2.16. The molecule has 0 atom stereocenters. The fraction of sp³-hybridized carbons (Fsp3) is 0.545. The van der Waals surface area contributed by atoms with Gasteiger partial charge in [-0.25, -0.2) is 4.68 Å². The van der Waals surface area contributed by atoms with E-state index < -0.39 is 6.29 Å². The minimum Gasteiger partial charge on any atom is -0.359 e. The molecule has 0 aromatic carbocycles. The second kappa shape index (κ2) is 6.27. The Morgan fingerprint density at radius 1 is 1.33 bits per heavy atom. The average Bonchev–Trinajstić information content (AvgIpc) is 3.01. The van der Waals surface area contributed by atoms with Gasteiger partial charge in [-0.3, -0.25) is 0 Å². The molecule has 0 N–H and O–H groups in total. The van der Waals surface area contributed by atoms with Crippen LogP contribution >= 0.6 is 0 Å². The second-order valence-corrected chi connectivity index (χ2v) is 3.56. The van der Waals surface area contributed by atoms with Gasteiger partial charge in [0, 0.05) is 19.3 Å². The summed E-state index contributed by atoms with van der Waals surface area (Å²) in [7, 11) is 0. The monoisotopic (exact) mass is 252 g/mol. The van der Waals surface area contributed by atoms with Gasteiger partial charge in [-0.2, -0.15) is 0 Å². The van der Waals surface area contributed by atoms with Crippen molar-refractivity contribution in [2.75, 3.05) is 13.2 Å². The summed E-state index contributed by atoms with van der Waals surface area (Å²) in [5.41, 5.74) is 0.651. The van der Waals surface area contributed by atoms with Crippen molar-refractivity contribution in [1.82, 2.24) is 20.2 Å². The SMILES string of the molecule is CCOC(OCC)c1cn(Cc2ccno2)nn1. The Kier molecular flexibility index (Phi) is 4.43. The van der Waals surface area contributed by atoms with Crippen molar-refractivity contribution in [1.29, 1.82) is 0 Å². The molecule has 7 nitrogen and oxygen atoms in total. The molecule has 0 aliphatic heterocycles. The summed E-state index contributed by atoms with van der Waals surface area (Å²) in [5, 5.41) is 11.7. The zero-order valence-corrected chi connectivity index (χ0v) is 10.4. The number of ether oxygens (including phenoxy) is 2. The van der Waals surface area contributed by atoms with Gasteiger partial charge < -0.3 is 14.0 Å². The minimum absolute atomic E-state index is 0.469. The number of nitrogens with zero attached hydrogens (tertiary/aromatic N) is 4. The lowest BCUT2D eigenvalue weighted by Crippen LogP contribution is -2.09. The zero-order chi connectivity index (χ0) is 12.8. The van der Waals surface area contributed by atoms with E-state index in [0.29, 0.717) is 25.5 Å². The van der Waals surface area contributed by atoms with Crippen LogP contribution in [0.1, 0.15) is 31.6 Å². The molecule has 0 amide bonds. The second-order valence-electron chi connectivity index (χ2n) is 3.56. The molecule has 0 saturated heterocycles. The van der Waals surface area contributed by atoms with Crippen LogP contribution in [0.15, 0.2) is 23.0 Å². The molecule has 2 aromatic rings. The Balaban J connectivity index is 2.03. The summed E-state index contributed by atoms with van der Waals surface area (Å²) < 4.78 is 17.5. The van der Waals surface area contributed by atoms with Gasteiger partial charge in [0.1, 0.15) is 12.2 Å². The van der Waals surface area contributed by atoms with Crippen LogP contribution in [0.4, 0.5) is 0 Å². The van der Waals surface area contributed by atoms with E-state index in [4.69, 9.17) is 14.0 Å². The third kappa shape index (κ3) is 3.14. The molecule has 0 spiro atoms. The van der Waals surface area contributed by atoms with Crippen molar-refractivity contribution in [2.24, 2.45) is 0 Å². The van der Waals surface area contributed by atoms with Crippen LogP contribution in [0.3, 0.4) is 0 Å². The predicted octanol–water partition coefficient (Wildman–Crippen LogP) is 1.39. The van der Waals surface area contributed by atoms with E-state index in [1.165, 1.54) is 0 Å². The van der Waals surface area contributed by atoms with E-state index in [-0.39, 0.29) is 0 Å². The first-order valence-electron chi connectivity index (χ1n) is 5.86. The summed E-state index contributed by atoms with van der Waals surface area (Å²) in [6.07, 6.45) is 2.90. The maximum atomic E-state index is 5.44. The molecular formula is C11H16N4O3. The first-order valence-corrected chi connectivity index (χ1v) is 5.86. The molecule has 2 heterocycles. The smallest absolute Gasteiger partial charge is 0.204 e. The quantitative estimate of drug-likeness (QED) is 0.693. The van der Waals surface area contributed by atoms with E-state index in [1.807, 2.05) is 13.8 Å². The topological polar surface area (TPSA) is 75.2 Å². The summed E-state index contributed by atoms with van der Waals surface area (Å²) in [6, 6.07) is 1.78. The number of rotatable bonds is 7. The summed E-state index contributed by atoms with van der Waals surface area (Å²) in [4.78, 5) is 0. The van der Waals surface area contributed by atoms with Crippen LogP contribution in [0.2, 0.25) is 0 Å². The molecule has 0 bridgehead atoms. The average molecular weight is 252 g/mol. The van der Waals surface area contributed by atoms with Gasteiger partial charge in [0.15, 0.2) is 5.76 Å². The Hall–Kier alpha value is -1.73. The van der Waals surface area contributed by atoms with Gasteiger partial charge in [-0.15, -0.1) is 5.10 Å². The predicted molar refractivity (Wildman–Crippen MR) is 61.6 cm³/mol. The number of hydrogen-bond acceptors (Lipinski definition) is 6. The van der Waals surface area contributed by atoms with E-state index in [9.17, 15) is 0 Å². The Bertz CT molecular complexity index is 449. The first-order chi connectivity index (χ1) is 8.83. The fourth-order valence-electron chi connectivity index (χ4n) is 1.50. The Morgan fingerprint density at radius 3 is 2.72 bits per heavy atom. The van der Waals surface area contributed by atoms with Crippen molar-refractivity contribution in [2.45, 2.75) is 26.7 Å². The first kappa shape index (κ1) is 12.7. The van der Waals surface area contributed by atoms with Gasteiger partial charge in [0.25, 0.3) is 0 Å². The lowest BCUT2D eigenvalue weighted by Gasteiger charge is -2.13. The van der Waals surface area contributed by atoms with Crippen molar-refractivity contribution in [3.63, 3.8) is 0 Å². The van der Waals surface area contributed by atoms with E-state index >= 15 is 0 Å². The molecule has 0 unspecified atom stereocenters. The maximum absolute atomic E-state index is 5.44. The lowest BCUT2D eigenvalue weighted by atomic mass is 10.4. The molecular weight excluding hydrogens is 236 g/mol. The summed E-state index contributed by atoms with van der Waals surface area (Å²) in [6.45, 7) is 5.41. The number of aromatic nitrogens is 4. The molecule has 18 heavy (non-hydrogen) atoms. The van der Waals surface area contributed by atoms with E-state index in [2.05, 4.69) is 15.5 Å². The molecule has 0 aliphatic rings. The van der Waals surface area contributed by atoms with Gasteiger partial charge >= 0.3 is 0 Å². The highest BCUT2D eigenvalue weighted by Gasteiger charge is 2.15. The normalized spacial score (nSPS) is 11.3. The van der Waals surface area contributed by atoms with Gasteiger partial charge in [-0.1, -0.05) is 10.4 Å². The molecule has 0 saturated carbocycles. The van der Waals surface area contributed by atoms with E-state index in [0.717, 1.165) is 5.76 Å². The third-order valence-corrected chi connectivity index (χ3v) is 2.24. The molecule has 2 rings (SSSR count). The molecule has 0 aliphatic carbocycles. The Morgan fingerprint density at radius 2 is 2.11 bits per heavy atom. The van der Waals surface area contributed by atoms with Crippen LogP contribution in [0.25, 0.3) is 0 Å². The van der Waals surface area contributed by atoms with Gasteiger partial charge in [0.05, 0.1) is 12.4 Å². The van der Waals surface area contributed by atoms with Gasteiger partial charge in [-0.05, 0) is 13.8 Å². The maximum Gasteiger partial charge on any atom is 0.204 e. The van der Waals surface area contributed by atoms with E-state index in [1.54, 1.807) is 23.1 Å². The zero-order valence-electron chi connectivity index (χ0n) is 10.4. The fourth-order valence-corrected chi connectivity index (χ4v) is 1.50. The van der Waals surface area contributed by atoms with Crippen LogP contribution in [-0.4, -0.2) is 33.4 Å². The molecule has 0 radical (unpaired) electrons. The van der Waals surface area contributed by atoms with Gasteiger partial charge in [0.2, 0.25) is 6.29 Å². The molecule has 0 fully saturated rings.